The van der Waals surface area contributed by atoms with Gasteiger partial charge in [0.2, 0.25) is 16.9 Å². The summed E-state index contributed by atoms with van der Waals surface area (Å²) in [5.74, 6) is 0.347. The lowest BCUT2D eigenvalue weighted by Crippen LogP contribution is -2.28. The zero-order valence-corrected chi connectivity index (χ0v) is 17.0. The Morgan fingerprint density at radius 3 is 2.86 bits per heavy atom. The molecule has 1 fully saturated rings. The average molecular weight is 404 g/mol. The number of anilines is 2. The monoisotopic (exact) mass is 404 g/mol. The molecule has 0 saturated carbocycles. The van der Waals surface area contributed by atoms with Gasteiger partial charge in [-0.15, -0.1) is 10.2 Å². The first-order valence-corrected chi connectivity index (χ1v) is 10.0. The minimum absolute atomic E-state index is 0.132. The number of carbonyl (C=O) groups is 2. The number of nitrogens with zero attached hydrogens (tertiary/aromatic N) is 3. The zero-order valence-electron chi connectivity index (χ0n) is 16.2. The lowest BCUT2D eigenvalue weighted by atomic mass is 10.1. The molecule has 9 heteroatoms. The Hall–Kier alpha value is -2.68. The van der Waals surface area contributed by atoms with Crippen LogP contribution in [0.15, 0.2) is 18.2 Å². The van der Waals surface area contributed by atoms with E-state index in [-0.39, 0.29) is 24.8 Å². The van der Waals surface area contributed by atoms with E-state index in [0.717, 1.165) is 24.3 Å². The molecule has 28 heavy (non-hydrogen) atoms. The van der Waals surface area contributed by atoms with Crippen molar-refractivity contribution in [3.8, 4) is 11.5 Å². The summed E-state index contributed by atoms with van der Waals surface area (Å²) in [5.41, 5.74) is 0.597. The first-order chi connectivity index (χ1) is 13.5. The first-order valence-electron chi connectivity index (χ1n) is 9.21. The maximum absolute atomic E-state index is 12.6. The Labute approximate surface area is 167 Å². The molecule has 0 aliphatic carbocycles. The molecule has 1 aromatic heterocycles. The van der Waals surface area contributed by atoms with Crippen molar-refractivity contribution in [1.82, 2.24) is 10.2 Å². The van der Waals surface area contributed by atoms with Gasteiger partial charge >= 0.3 is 0 Å². The second kappa shape index (κ2) is 9.01. The van der Waals surface area contributed by atoms with Crippen LogP contribution in [0.1, 0.15) is 31.2 Å². The van der Waals surface area contributed by atoms with Crippen molar-refractivity contribution in [2.45, 2.75) is 32.6 Å². The molecule has 3 rings (SSSR count). The quantitative estimate of drug-likeness (QED) is 0.727. The maximum Gasteiger partial charge on any atom is 0.231 e. The predicted molar refractivity (Wildman–Crippen MR) is 107 cm³/mol. The van der Waals surface area contributed by atoms with Crippen LogP contribution in [0.3, 0.4) is 0 Å². The summed E-state index contributed by atoms with van der Waals surface area (Å²) >= 11 is 1.38. The van der Waals surface area contributed by atoms with Crippen LogP contribution in [0, 0.1) is 5.92 Å². The molecule has 0 radical (unpaired) electrons. The van der Waals surface area contributed by atoms with Crippen molar-refractivity contribution >= 4 is 34.0 Å². The summed E-state index contributed by atoms with van der Waals surface area (Å²) in [7, 11) is 3.10. The normalized spacial score (nSPS) is 16.3. The number of aromatic nitrogens is 2. The highest BCUT2D eigenvalue weighted by Crippen LogP contribution is 2.36. The van der Waals surface area contributed by atoms with E-state index in [4.69, 9.17) is 9.47 Å². The van der Waals surface area contributed by atoms with Gasteiger partial charge in [-0.05, 0) is 18.6 Å². The lowest BCUT2D eigenvalue weighted by molar-refractivity contribution is -0.122. The van der Waals surface area contributed by atoms with Crippen LogP contribution in [-0.4, -0.2) is 42.8 Å². The van der Waals surface area contributed by atoms with E-state index < -0.39 is 5.92 Å². The molecule has 0 spiro atoms. The van der Waals surface area contributed by atoms with Crippen LogP contribution in [0.5, 0.6) is 11.5 Å². The van der Waals surface area contributed by atoms with Gasteiger partial charge in [0.05, 0.1) is 25.8 Å². The van der Waals surface area contributed by atoms with E-state index in [0.29, 0.717) is 22.3 Å². The molecule has 1 aliphatic heterocycles. The van der Waals surface area contributed by atoms with Gasteiger partial charge in [0.15, 0.2) is 0 Å². The van der Waals surface area contributed by atoms with Gasteiger partial charge < -0.3 is 19.7 Å². The van der Waals surface area contributed by atoms with Crippen LogP contribution in [0.4, 0.5) is 10.8 Å². The fourth-order valence-electron chi connectivity index (χ4n) is 3.06. The van der Waals surface area contributed by atoms with Crippen LogP contribution in [-0.2, 0) is 16.0 Å². The average Bonchev–Trinajstić information content (AvgIpc) is 3.32. The third kappa shape index (κ3) is 4.41. The number of unbranched alkanes of at least 4 members (excludes halogenated alkanes) is 1. The molecule has 1 aliphatic rings. The van der Waals surface area contributed by atoms with Crippen LogP contribution >= 0.6 is 11.3 Å². The van der Waals surface area contributed by atoms with E-state index in [1.807, 2.05) is 0 Å². The lowest BCUT2D eigenvalue weighted by Gasteiger charge is -2.20. The van der Waals surface area contributed by atoms with E-state index in [1.165, 1.54) is 11.3 Å². The molecule has 0 unspecified atom stereocenters. The van der Waals surface area contributed by atoms with Crippen molar-refractivity contribution in [2.75, 3.05) is 31.0 Å². The topological polar surface area (TPSA) is 93.7 Å². The smallest absolute Gasteiger partial charge is 0.231 e. The fourth-order valence-corrected chi connectivity index (χ4v) is 3.85. The zero-order chi connectivity index (χ0) is 20.1. The van der Waals surface area contributed by atoms with Crippen LogP contribution < -0.4 is 19.7 Å². The number of benzene rings is 1. The number of amides is 2. The molecular weight excluding hydrogens is 380 g/mol. The van der Waals surface area contributed by atoms with E-state index >= 15 is 0 Å². The Kier molecular flexibility index (Phi) is 6.45. The summed E-state index contributed by atoms with van der Waals surface area (Å²) < 4.78 is 10.6. The highest BCUT2D eigenvalue weighted by atomic mass is 32.1. The maximum atomic E-state index is 12.6. The van der Waals surface area contributed by atoms with E-state index in [1.54, 1.807) is 37.3 Å². The fraction of sp³-hybridized carbons (Fsp3) is 0.474. The number of methoxy groups -OCH3 is 2. The molecule has 1 atom stereocenters. The van der Waals surface area contributed by atoms with Crippen molar-refractivity contribution in [3.63, 3.8) is 0 Å². The van der Waals surface area contributed by atoms with Gasteiger partial charge in [-0.25, -0.2) is 0 Å². The number of hydrogen-bond donors (Lipinski definition) is 1. The Balaban J connectivity index is 1.68. The second-order valence-electron chi connectivity index (χ2n) is 6.54. The number of ether oxygens (including phenoxy) is 2. The number of carbonyl (C=O) groups excluding carboxylic acids is 2. The molecule has 0 bridgehead atoms. The van der Waals surface area contributed by atoms with E-state index in [2.05, 4.69) is 22.4 Å². The molecule has 1 aromatic carbocycles. The van der Waals surface area contributed by atoms with Gasteiger partial charge in [0, 0.05) is 25.5 Å². The molecule has 2 amide bonds. The Morgan fingerprint density at radius 1 is 1.32 bits per heavy atom. The highest BCUT2D eigenvalue weighted by Gasteiger charge is 2.36. The first kappa shape index (κ1) is 20.1. The predicted octanol–water partition coefficient (Wildman–Crippen LogP) is 2.89. The van der Waals surface area contributed by atoms with Crippen molar-refractivity contribution in [2.24, 2.45) is 5.92 Å². The van der Waals surface area contributed by atoms with Gasteiger partial charge in [0.1, 0.15) is 16.5 Å². The minimum atomic E-state index is -0.466. The Bertz CT molecular complexity index is 854. The molecule has 2 heterocycles. The second-order valence-corrected chi connectivity index (χ2v) is 7.60. The third-order valence-corrected chi connectivity index (χ3v) is 5.51. The van der Waals surface area contributed by atoms with Crippen molar-refractivity contribution < 1.29 is 19.1 Å². The molecule has 8 nitrogen and oxygen atoms in total. The summed E-state index contributed by atoms with van der Waals surface area (Å²) in [6.07, 6.45) is 3.11. The van der Waals surface area contributed by atoms with E-state index in [9.17, 15) is 9.59 Å². The summed E-state index contributed by atoms with van der Waals surface area (Å²) in [5, 5.41) is 12.3. The number of hydrogen-bond acceptors (Lipinski definition) is 7. The molecule has 1 saturated heterocycles. The van der Waals surface area contributed by atoms with Crippen molar-refractivity contribution in [3.05, 3.63) is 23.2 Å². The summed E-state index contributed by atoms with van der Waals surface area (Å²) in [6, 6.07) is 5.24. The molecule has 150 valence electrons. The van der Waals surface area contributed by atoms with Crippen molar-refractivity contribution in [1.29, 1.82) is 0 Å². The van der Waals surface area contributed by atoms with Gasteiger partial charge in [-0.3, -0.25) is 9.59 Å². The SMILES string of the molecule is CCCCc1nnc(NC(=O)[C@@H]2CC(=O)N(c3cc(OC)ccc3OC)C2)s1. The van der Waals surface area contributed by atoms with Gasteiger partial charge in [0.25, 0.3) is 0 Å². The Morgan fingerprint density at radius 2 is 2.14 bits per heavy atom. The van der Waals surface area contributed by atoms with Crippen LogP contribution in [0.2, 0.25) is 0 Å². The largest absolute Gasteiger partial charge is 0.497 e. The number of nitrogens with one attached hydrogen (secondary N) is 1. The van der Waals surface area contributed by atoms with Gasteiger partial charge in [-0.2, -0.15) is 0 Å². The molecule has 1 N–H and O–H groups in total. The highest BCUT2D eigenvalue weighted by molar-refractivity contribution is 7.15. The number of aryl methyl sites for hydroxylation is 1. The number of rotatable bonds is 8. The summed E-state index contributed by atoms with van der Waals surface area (Å²) in [6.45, 7) is 2.39. The third-order valence-electron chi connectivity index (χ3n) is 4.61. The minimum Gasteiger partial charge on any atom is -0.497 e. The van der Waals surface area contributed by atoms with Gasteiger partial charge in [-0.1, -0.05) is 24.7 Å². The molecule has 2 aromatic rings. The van der Waals surface area contributed by atoms with Crippen LogP contribution in [0.25, 0.3) is 0 Å². The standard InChI is InChI=1S/C19H24N4O4S/c1-4-5-6-16-21-22-19(28-16)20-18(25)12-9-17(24)23(11-12)14-10-13(26-2)7-8-15(14)27-3/h7-8,10,12H,4-6,9,11H2,1-3H3,(H,20,22,25)/t12-/m1/s1. The molecular formula is C19H24N4O4S. The summed E-state index contributed by atoms with van der Waals surface area (Å²) in [4.78, 5) is 26.8.